The Balaban J connectivity index is 1.84. The van der Waals surface area contributed by atoms with Crippen LogP contribution < -0.4 is 15.4 Å². The molecule has 4 aromatic carbocycles. The van der Waals surface area contributed by atoms with E-state index in [0.29, 0.717) is 6.61 Å². The van der Waals surface area contributed by atoms with Gasteiger partial charge >= 0.3 is 0 Å². The molecular formula is C29H28N2O. The molecule has 0 spiro atoms. The fourth-order valence-corrected chi connectivity index (χ4v) is 3.52. The highest BCUT2D eigenvalue weighted by atomic mass is 16.5. The molecule has 0 heterocycles. The van der Waals surface area contributed by atoms with Crippen molar-refractivity contribution < 1.29 is 4.74 Å². The number of anilines is 4. The molecule has 0 amide bonds. The van der Waals surface area contributed by atoms with Crippen LogP contribution in [0.15, 0.2) is 104 Å². The lowest BCUT2D eigenvalue weighted by atomic mass is 10.0. The Morgan fingerprint density at radius 2 is 1.31 bits per heavy atom. The number of hydrogen-bond donors (Lipinski definition) is 2. The maximum Gasteiger partial charge on any atom is 0.153 e. The minimum Gasteiger partial charge on any atom is -0.487 e. The van der Waals surface area contributed by atoms with Crippen LogP contribution in [0.1, 0.15) is 11.1 Å². The fraction of sp³-hybridized carbons (Fsp3) is 0.103. The molecule has 3 heteroatoms. The summed E-state index contributed by atoms with van der Waals surface area (Å²) in [4.78, 5) is 0. The van der Waals surface area contributed by atoms with E-state index in [1.807, 2.05) is 18.2 Å². The Bertz CT molecular complexity index is 1180. The second kappa shape index (κ2) is 9.88. The van der Waals surface area contributed by atoms with Gasteiger partial charge in [-0.1, -0.05) is 78.4 Å². The van der Waals surface area contributed by atoms with Crippen molar-refractivity contribution in [2.24, 2.45) is 0 Å². The summed E-state index contributed by atoms with van der Waals surface area (Å²) < 4.78 is 6.24. The zero-order valence-corrected chi connectivity index (χ0v) is 18.6. The largest absolute Gasteiger partial charge is 0.487 e. The molecule has 32 heavy (non-hydrogen) atoms. The van der Waals surface area contributed by atoms with Gasteiger partial charge in [0, 0.05) is 16.9 Å². The molecule has 0 radical (unpaired) electrons. The Hall–Kier alpha value is -3.98. The van der Waals surface area contributed by atoms with Gasteiger partial charge in [-0.25, -0.2) is 0 Å². The quantitative estimate of drug-likeness (QED) is 0.283. The summed E-state index contributed by atoms with van der Waals surface area (Å²) in [5, 5.41) is 7.16. The van der Waals surface area contributed by atoms with Crippen molar-refractivity contribution in [3.05, 3.63) is 115 Å². The molecule has 0 unspecified atom stereocenters. The fourth-order valence-electron chi connectivity index (χ4n) is 3.52. The molecule has 0 bridgehead atoms. The zero-order chi connectivity index (χ0) is 22.3. The number of ether oxygens (including phenoxy) is 1. The normalized spacial score (nSPS) is 10.4. The van der Waals surface area contributed by atoms with Crippen molar-refractivity contribution in [1.82, 2.24) is 0 Å². The second-order valence-corrected chi connectivity index (χ2v) is 7.81. The van der Waals surface area contributed by atoms with Crippen molar-refractivity contribution in [1.29, 1.82) is 0 Å². The lowest BCUT2D eigenvalue weighted by molar-refractivity contribution is 0.366. The molecule has 4 aromatic rings. The molecule has 0 fully saturated rings. The van der Waals surface area contributed by atoms with Gasteiger partial charge in [0.25, 0.3) is 0 Å². The third-order valence-electron chi connectivity index (χ3n) is 5.24. The van der Waals surface area contributed by atoms with Gasteiger partial charge in [0.2, 0.25) is 0 Å². The molecule has 2 N–H and O–H groups in total. The summed E-state index contributed by atoms with van der Waals surface area (Å²) in [6, 6.07) is 31.2. The third-order valence-corrected chi connectivity index (χ3v) is 5.24. The number of benzene rings is 4. The summed E-state index contributed by atoms with van der Waals surface area (Å²) in [6.45, 7) is 8.43. The summed E-state index contributed by atoms with van der Waals surface area (Å²) in [5.74, 6) is 0.786. The van der Waals surface area contributed by atoms with E-state index in [4.69, 9.17) is 4.74 Å². The van der Waals surface area contributed by atoms with Gasteiger partial charge in [0.15, 0.2) is 5.75 Å². The van der Waals surface area contributed by atoms with Crippen molar-refractivity contribution in [3.8, 4) is 16.9 Å². The predicted octanol–water partition coefficient (Wildman–Crippen LogP) is 8.02. The van der Waals surface area contributed by atoms with Crippen molar-refractivity contribution in [2.45, 2.75) is 13.8 Å². The van der Waals surface area contributed by atoms with Gasteiger partial charge in [0.05, 0.1) is 5.69 Å². The summed E-state index contributed by atoms with van der Waals surface area (Å²) in [5.41, 5.74) is 8.40. The van der Waals surface area contributed by atoms with Crippen molar-refractivity contribution in [2.75, 3.05) is 17.2 Å². The molecule has 3 nitrogen and oxygen atoms in total. The van der Waals surface area contributed by atoms with Crippen LogP contribution in [0.5, 0.6) is 5.75 Å². The van der Waals surface area contributed by atoms with E-state index in [1.165, 1.54) is 11.1 Å². The predicted molar refractivity (Wildman–Crippen MR) is 136 cm³/mol. The average Bonchev–Trinajstić information content (AvgIpc) is 2.82. The summed E-state index contributed by atoms with van der Waals surface area (Å²) in [7, 11) is 0. The molecule has 160 valence electrons. The van der Waals surface area contributed by atoms with Crippen molar-refractivity contribution >= 4 is 22.7 Å². The zero-order valence-electron chi connectivity index (χ0n) is 18.6. The lowest BCUT2D eigenvalue weighted by Gasteiger charge is -2.21. The molecule has 0 aromatic heterocycles. The number of aryl methyl sites for hydroxylation is 2. The van der Waals surface area contributed by atoms with E-state index in [-0.39, 0.29) is 0 Å². The third kappa shape index (κ3) is 5.01. The van der Waals surface area contributed by atoms with E-state index in [0.717, 1.165) is 39.6 Å². The van der Waals surface area contributed by atoms with Gasteiger partial charge in [-0.15, -0.1) is 0 Å². The number of rotatable bonds is 8. The van der Waals surface area contributed by atoms with Crippen LogP contribution in [0.3, 0.4) is 0 Å². The van der Waals surface area contributed by atoms with E-state index in [9.17, 15) is 0 Å². The first-order valence-electron chi connectivity index (χ1n) is 10.8. The standard InChI is InChI=1S/C29H28N2O/c1-4-20-32-29-26(23-8-6-5-7-9-23)18-19-27(30-24-14-10-21(2)11-15-24)28(29)31-25-16-12-22(3)13-17-25/h4-19,30-31H,1,20H2,2-3H3. The van der Waals surface area contributed by atoms with E-state index < -0.39 is 0 Å². The topological polar surface area (TPSA) is 33.3 Å². The second-order valence-electron chi connectivity index (χ2n) is 7.81. The molecular weight excluding hydrogens is 392 g/mol. The summed E-state index contributed by atoms with van der Waals surface area (Å²) >= 11 is 0. The molecule has 0 saturated heterocycles. The minimum absolute atomic E-state index is 0.413. The van der Waals surface area contributed by atoms with Crippen LogP contribution in [0.25, 0.3) is 11.1 Å². The van der Waals surface area contributed by atoms with E-state index in [1.54, 1.807) is 6.08 Å². The van der Waals surface area contributed by atoms with Crippen LogP contribution in [0, 0.1) is 13.8 Å². The van der Waals surface area contributed by atoms with Crippen LogP contribution >= 0.6 is 0 Å². The molecule has 0 aliphatic carbocycles. The Morgan fingerprint density at radius 3 is 1.91 bits per heavy atom. The highest BCUT2D eigenvalue weighted by molar-refractivity contribution is 5.90. The molecule has 0 saturated carbocycles. The smallest absolute Gasteiger partial charge is 0.153 e. The lowest BCUT2D eigenvalue weighted by Crippen LogP contribution is -2.04. The maximum atomic E-state index is 6.24. The SMILES string of the molecule is C=CCOc1c(-c2ccccc2)ccc(Nc2ccc(C)cc2)c1Nc1ccc(C)cc1. The first kappa shape index (κ1) is 21.3. The maximum absolute atomic E-state index is 6.24. The van der Waals surface area contributed by atoms with Crippen LogP contribution in [0.2, 0.25) is 0 Å². The molecule has 0 aliphatic heterocycles. The van der Waals surface area contributed by atoms with E-state index >= 15 is 0 Å². The Labute approximate surface area is 190 Å². The monoisotopic (exact) mass is 420 g/mol. The average molecular weight is 421 g/mol. The van der Waals surface area contributed by atoms with E-state index in [2.05, 4.69) is 104 Å². The van der Waals surface area contributed by atoms with Gasteiger partial charge in [-0.3, -0.25) is 0 Å². The van der Waals surface area contributed by atoms with Gasteiger partial charge in [0.1, 0.15) is 12.3 Å². The molecule has 4 rings (SSSR count). The Morgan fingerprint density at radius 1 is 0.719 bits per heavy atom. The van der Waals surface area contributed by atoms with Gasteiger partial charge < -0.3 is 15.4 Å². The van der Waals surface area contributed by atoms with Crippen molar-refractivity contribution in [3.63, 3.8) is 0 Å². The molecule has 0 aliphatic rings. The minimum atomic E-state index is 0.413. The number of nitrogens with one attached hydrogen (secondary N) is 2. The van der Waals surface area contributed by atoms with Crippen LogP contribution in [-0.2, 0) is 0 Å². The molecule has 0 atom stereocenters. The first-order valence-corrected chi connectivity index (χ1v) is 10.8. The number of hydrogen-bond acceptors (Lipinski definition) is 3. The van der Waals surface area contributed by atoms with Crippen LogP contribution in [-0.4, -0.2) is 6.61 Å². The Kier molecular flexibility index (Phi) is 6.57. The summed E-state index contributed by atoms with van der Waals surface area (Å²) in [6.07, 6.45) is 1.77. The first-order chi connectivity index (χ1) is 15.6. The van der Waals surface area contributed by atoms with Crippen LogP contribution in [0.4, 0.5) is 22.7 Å². The highest BCUT2D eigenvalue weighted by Crippen LogP contribution is 2.44. The van der Waals surface area contributed by atoms with Gasteiger partial charge in [-0.2, -0.15) is 0 Å². The highest BCUT2D eigenvalue weighted by Gasteiger charge is 2.17. The van der Waals surface area contributed by atoms with Gasteiger partial charge in [-0.05, 0) is 55.8 Å².